The van der Waals surface area contributed by atoms with Crippen molar-refractivity contribution in [3.63, 3.8) is 0 Å². The highest BCUT2D eigenvalue weighted by molar-refractivity contribution is 7.04. The van der Waals surface area contributed by atoms with Crippen molar-refractivity contribution in [1.29, 1.82) is 0 Å². The summed E-state index contributed by atoms with van der Waals surface area (Å²) in [6, 6.07) is 20.0. The van der Waals surface area contributed by atoms with Crippen LogP contribution in [0.15, 0.2) is 60.7 Å². The van der Waals surface area contributed by atoms with Gasteiger partial charge in [0.2, 0.25) is 0 Å². The third kappa shape index (κ3) is 2.54. The van der Waals surface area contributed by atoms with Crippen LogP contribution in [0.1, 0.15) is 13.3 Å². The van der Waals surface area contributed by atoms with Gasteiger partial charge in [-0.2, -0.15) is 0 Å². The van der Waals surface area contributed by atoms with E-state index in [1.165, 1.54) is 0 Å². The summed E-state index contributed by atoms with van der Waals surface area (Å²) in [4.78, 5) is 11.6. The molecule has 0 aromatic heterocycles. The molecular weight excluding hydrogens is 264 g/mol. The molecule has 0 fully saturated rings. The Bertz CT molecular complexity index is 527. The third-order valence-corrected chi connectivity index (χ3v) is 9.24. The minimum Gasteiger partial charge on any atom is -0.550 e. The fourth-order valence-electron chi connectivity index (χ4n) is 2.95. The van der Waals surface area contributed by atoms with E-state index in [0.29, 0.717) is 6.42 Å². The molecule has 20 heavy (non-hydrogen) atoms. The van der Waals surface area contributed by atoms with Crippen LogP contribution in [0.2, 0.25) is 12.1 Å². The third-order valence-electron chi connectivity index (χ3n) is 4.14. The molecule has 0 spiro atoms. The lowest BCUT2D eigenvalue weighted by Gasteiger charge is -2.37. The fraction of sp³-hybridized carbons (Fsp3) is 0.235. The molecule has 0 heterocycles. The Kier molecular flexibility index (Phi) is 4.40. The number of hydrogen-bond acceptors (Lipinski definition) is 2. The average molecular weight is 283 g/mol. The van der Waals surface area contributed by atoms with Gasteiger partial charge in [-0.1, -0.05) is 84.5 Å². The maximum Gasteiger partial charge on any atom is 0.123 e. The van der Waals surface area contributed by atoms with E-state index >= 15 is 0 Å². The summed E-state index contributed by atoms with van der Waals surface area (Å²) in [7, 11) is -2.36. The Labute approximate surface area is 121 Å². The van der Waals surface area contributed by atoms with Gasteiger partial charge in [-0.3, -0.25) is 0 Å². The van der Waals surface area contributed by atoms with Crippen molar-refractivity contribution >= 4 is 24.4 Å². The second-order valence-electron chi connectivity index (χ2n) is 5.21. The number of rotatable bonds is 5. The number of benzene rings is 2. The molecule has 0 saturated carbocycles. The van der Waals surface area contributed by atoms with E-state index in [1.807, 2.05) is 67.6 Å². The molecule has 0 aliphatic carbocycles. The first-order valence-electron chi connectivity index (χ1n) is 6.92. The van der Waals surface area contributed by atoms with Crippen LogP contribution < -0.4 is 15.5 Å². The highest BCUT2D eigenvalue weighted by atomic mass is 28.3. The maximum atomic E-state index is 11.6. The van der Waals surface area contributed by atoms with Crippen LogP contribution in [0.4, 0.5) is 0 Å². The molecule has 0 bridgehead atoms. The van der Waals surface area contributed by atoms with Gasteiger partial charge in [-0.15, -0.1) is 0 Å². The van der Waals surface area contributed by atoms with Crippen LogP contribution in [0.3, 0.4) is 0 Å². The van der Waals surface area contributed by atoms with Gasteiger partial charge >= 0.3 is 0 Å². The molecule has 0 radical (unpaired) electrons. The first kappa shape index (κ1) is 14.5. The largest absolute Gasteiger partial charge is 0.550 e. The first-order chi connectivity index (χ1) is 9.60. The van der Waals surface area contributed by atoms with Gasteiger partial charge in [0.15, 0.2) is 0 Å². The molecule has 0 N–H and O–H groups in total. The molecule has 1 unspecified atom stereocenters. The number of carbonyl (C=O) groups is 1. The minimum atomic E-state index is -2.36. The Hall–Kier alpha value is -1.87. The van der Waals surface area contributed by atoms with Crippen LogP contribution in [-0.2, 0) is 4.79 Å². The molecule has 104 valence electrons. The zero-order valence-corrected chi connectivity index (χ0v) is 12.9. The fourth-order valence-corrected chi connectivity index (χ4v) is 7.14. The van der Waals surface area contributed by atoms with Gasteiger partial charge in [0.1, 0.15) is 8.07 Å². The number of carboxylic acids is 1. The Morgan fingerprint density at radius 1 is 1.00 bits per heavy atom. The summed E-state index contributed by atoms with van der Waals surface area (Å²) in [5.74, 6) is -0.936. The topological polar surface area (TPSA) is 40.1 Å². The molecule has 2 aromatic rings. The lowest BCUT2D eigenvalue weighted by atomic mass is 10.3. The van der Waals surface area contributed by atoms with Crippen LogP contribution >= 0.6 is 0 Å². The summed E-state index contributed by atoms with van der Waals surface area (Å²) < 4.78 is 0. The summed E-state index contributed by atoms with van der Waals surface area (Å²) in [5.41, 5.74) is -0.424. The van der Waals surface area contributed by atoms with Crippen molar-refractivity contribution < 1.29 is 9.90 Å². The van der Waals surface area contributed by atoms with E-state index in [4.69, 9.17) is 0 Å². The van der Waals surface area contributed by atoms with Gasteiger partial charge in [0.05, 0.1) is 0 Å². The highest BCUT2D eigenvalue weighted by Crippen LogP contribution is 2.25. The van der Waals surface area contributed by atoms with Crippen molar-refractivity contribution in [3.05, 3.63) is 60.7 Å². The Morgan fingerprint density at radius 3 is 1.70 bits per heavy atom. The molecule has 2 aromatic carbocycles. The Balaban J connectivity index is 2.63. The summed E-state index contributed by atoms with van der Waals surface area (Å²) >= 11 is 0. The van der Waals surface area contributed by atoms with E-state index in [-0.39, 0.29) is 0 Å². The molecule has 2 rings (SSSR count). The molecule has 2 nitrogen and oxygen atoms in total. The molecule has 0 aliphatic heterocycles. The van der Waals surface area contributed by atoms with E-state index in [9.17, 15) is 9.90 Å². The van der Waals surface area contributed by atoms with Crippen molar-refractivity contribution in [1.82, 2.24) is 0 Å². The lowest BCUT2D eigenvalue weighted by Crippen LogP contribution is -2.62. The van der Waals surface area contributed by atoms with E-state index in [0.717, 1.165) is 10.4 Å². The van der Waals surface area contributed by atoms with Crippen LogP contribution in [0.25, 0.3) is 0 Å². The smallest absolute Gasteiger partial charge is 0.123 e. The Morgan fingerprint density at radius 2 is 1.40 bits per heavy atom. The minimum absolute atomic E-state index is 0.424. The molecule has 0 saturated heterocycles. The molecule has 1 atom stereocenters. The summed E-state index contributed by atoms with van der Waals surface area (Å²) in [5, 5.41) is 13.9. The zero-order chi connectivity index (χ0) is 14.6. The van der Waals surface area contributed by atoms with Crippen molar-refractivity contribution in [2.75, 3.05) is 0 Å². The molecule has 0 amide bonds. The zero-order valence-electron chi connectivity index (χ0n) is 11.9. The van der Waals surface area contributed by atoms with Crippen LogP contribution in [0.5, 0.6) is 0 Å². The van der Waals surface area contributed by atoms with E-state index < -0.39 is 19.6 Å². The normalized spacial score (nSPS) is 12.9. The van der Waals surface area contributed by atoms with Gasteiger partial charge in [0, 0.05) is 11.5 Å². The molecule has 3 heteroatoms. The average Bonchev–Trinajstić information content (AvgIpc) is 2.49. The van der Waals surface area contributed by atoms with Gasteiger partial charge in [0.25, 0.3) is 0 Å². The number of aliphatic carboxylic acids is 1. The van der Waals surface area contributed by atoms with Crippen LogP contribution in [0, 0.1) is 0 Å². The van der Waals surface area contributed by atoms with Crippen LogP contribution in [-0.4, -0.2) is 14.0 Å². The monoisotopic (exact) mass is 283 g/mol. The standard InChI is InChI=1S/C17H20O2Si/c1-3-16(17(18)19)20(2,14-10-6-4-7-11-14)15-12-8-5-9-13-15/h4-13,16H,3H2,1-2H3,(H,18,19)/p-1. The van der Waals surface area contributed by atoms with Gasteiger partial charge in [-0.25, -0.2) is 0 Å². The summed E-state index contributed by atoms with van der Waals surface area (Å²) in [6.45, 7) is 4.05. The summed E-state index contributed by atoms with van der Waals surface area (Å²) in [6.07, 6.45) is 0.592. The van der Waals surface area contributed by atoms with Gasteiger partial charge in [-0.05, 0) is 6.42 Å². The maximum absolute atomic E-state index is 11.6. The quantitative estimate of drug-likeness (QED) is 0.778. The number of carboxylic acid groups (broad SMARTS) is 1. The second kappa shape index (κ2) is 6.05. The molecule has 0 aliphatic rings. The van der Waals surface area contributed by atoms with E-state index in [2.05, 4.69) is 6.55 Å². The van der Waals surface area contributed by atoms with Crippen molar-refractivity contribution in [2.24, 2.45) is 0 Å². The molecular formula is C17H19O2Si-. The highest BCUT2D eigenvalue weighted by Gasteiger charge is 2.39. The van der Waals surface area contributed by atoms with Crippen molar-refractivity contribution in [3.8, 4) is 0 Å². The first-order valence-corrected chi connectivity index (χ1v) is 9.50. The van der Waals surface area contributed by atoms with E-state index in [1.54, 1.807) is 0 Å². The number of carbonyl (C=O) groups excluding carboxylic acids is 1. The lowest BCUT2D eigenvalue weighted by molar-refractivity contribution is -0.305. The van der Waals surface area contributed by atoms with Gasteiger partial charge < -0.3 is 9.90 Å². The second-order valence-corrected chi connectivity index (χ2v) is 9.47. The number of hydrogen-bond donors (Lipinski definition) is 0. The van der Waals surface area contributed by atoms with Crippen molar-refractivity contribution in [2.45, 2.75) is 25.4 Å². The SMILES string of the molecule is CCC(C(=O)[O-])[Si](C)(c1ccccc1)c1ccccc1. The predicted molar refractivity (Wildman–Crippen MR) is 82.8 cm³/mol. The predicted octanol–water partition coefficient (Wildman–Crippen LogP) is 1.41.